The summed E-state index contributed by atoms with van der Waals surface area (Å²) in [5.41, 5.74) is 0.832. The molecular formula is C15H15IO2. The molecule has 94 valence electrons. The number of benzene rings is 2. The van der Waals surface area contributed by atoms with Crippen LogP contribution < -0.4 is 4.74 Å². The van der Waals surface area contributed by atoms with E-state index in [1.165, 1.54) is 0 Å². The van der Waals surface area contributed by atoms with Crippen molar-refractivity contribution in [3.05, 3.63) is 57.7 Å². The Morgan fingerprint density at radius 2 is 1.94 bits per heavy atom. The van der Waals surface area contributed by atoms with Crippen molar-refractivity contribution in [3.8, 4) is 11.5 Å². The number of rotatable bonds is 4. The van der Waals surface area contributed by atoms with Gasteiger partial charge in [-0.3, -0.25) is 0 Å². The van der Waals surface area contributed by atoms with Gasteiger partial charge in [0.1, 0.15) is 11.5 Å². The zero-order valence-corrected chi connectivity index (χ0v) is 12.3. The van der Waals surface area contributed by atoms with E-state index in [2.05, 4.69) is 22.6 Å². The van der Waals surface area contributed by atoms with Crippen molar-refractivity contribution in [3.63, 3.8) is 0 Å². The summed E-state index contributed by atoms with van der Waals surface area (Å²) in [7, 11) is 0. The molecule has 18 heavy (non-hydrogen) atoms. The lowest BCUT2D eigenvalue weighted by Crippen LogP contribution is -1.98. The van der Waals surface area contributed by atoms with Gasteiger partial charge in [0, 0.05) is 9.13 Å². The summed E-state index contributed by atoms with van der Waals surface area (Å²) in [6.45, 7) is 1.95. The fraction of sp³-hybridized carbons (Fsp3) is 0.200. The van der Waals surface area contributed by atoms with Gasteiger partial charge in [0.05, 0.1) is 6.10 Å². The molecule has 0 heterocycles. The molecule has 2 aromatic carbocycles. The average molecular weight is 354 g/mol. The van der Waals surface area contributed by atoms with Gasteiger partial charge in [-0.05, 0) is 53.3 Å². The molecule has 0 aliphatic rings. The van der Waals surface area contributed by atoms with Crippen LogP contribution in [0.15, 0.2) is 48.5 Å². The zero-order valence-electron chi connectivity index (χ0n) is 10.1. The molecule has 0 amide bonds. The number of ether oxygens (including phenoxy) is 1. The Balaban J connectivity index is 2.29. The summed E-state index contributed by atoms with van der Waals surface area (Å²) < 4.78 is 6.97. The van der Waals surface area contributed by atoms with E-state index >= 15 is 0 Å². The van der Waals surface area contributed by atoms with Crippen molar-refractivity contribution in [1.82, 2.24) is 0 Å². The third kappa shape index (κ3) is 3.23. The van der Waals surface area contributed by atoms with E-state index in [0.717, 1.165) is 14.9 Å². The quantitative estimate of drug-likeness (QED) is 0.818. The topological polar surface area (TPSA) is 29.5 Å². The van der Waals surface area contributed by atoms with Crippen LogP contribution in [-0.2, 0) is 0 Å². The Bertz CT molecular complexity index is 525. The van der Waals surface area contributed by atoms with Crippen LogP contribution in [0.2, 0.25) is 0 Å². The highest BCUT2D eigenvalue weighted by Crippen LogP contribution is 2.31. The first-order valence-electron chi connectivity index (χ1n) is 5.91. The molecule has 0 fully saturated rings. The molecule has 0 aliphatic heterocycles. The second kappa shape index (κ2) is 6.20. The van der Waals surface area contributed by atoms with E-state index in [1.807, 2.05) is 55.5 Å². The van der Waals surface area contributed by atoms with Gasteiger partial charge >= 0.3 is 0 Å². The predicted octanol–water partition coefficient (Wildman–Crippen LogP) is 4.53. The van der Waals surface area contributed by atoms with Crippen LogP contribution in [0.4, 0.5) is 0 Å². The van der Waals surface area contributed by atoms with Crippen LogP contribution in [0.5, 0.6) is 11.5 Å². The Morgan fingerprint density at radius 1 is 1.17 bits per heavy atom. The summed E-state index contributed by atoms with van der Waals surface area (Å²) >= 11 is 2.25. The molecule has 0 saturated heterocycles. The number of aliphatic hydroxyl groups excluding tert-OH is 1. The third-order valence-corrected chi connectivity index (χ3v) is 3.36. The lowest BCUT2D eigenvalue weighted by Gasteiger charge is -2.14. The van der Waals surface area contributed by atoms with Crippen LogP contribution in [-0.4, -0.2) is 5.11 Å². The van der Waals surface area contributed by atoms with Gasteiger partial charge < -0.3 is 9.84 Å². The molecule has 0 unspecified atom stereocenters. The minimum absolute atomic E-state index is 0.482. The monoisotopic (exact) mass is 354 g/mol. The van der Waals surface area contributed by atoms with Gasteiger partial charge in [-0.15, -0.1) is 0 Å². The average Bonchev–Trinajstić information content (AvgIpc) is 2.38. The van der Waals surface area contributed by atoms with Crippen molar-refractivity contribution in [2.45, 2.75) is 19.4 Å². The lowest BCUT2D eigenvalue weighted by atomic mass is 10.1. The van der Waals surface area contributed by atoms with Gasteiger partial charge in [-0.25, -0.2) is 0 Å². The first-order chi connectivity index (χ1) is 8.70. The minimum atomic E-state index is -0.482. The van der Waals surface area contributed by atoms with E-state index in [-0.39, 0.29) is 0 Å². The van der Waals surface area contributed by atoms with Crippen LogP contribution >= 0.6 is 22.6 Å². The second-order valence-corrected chi connectivity index (χ2v) is 5.27. The Labute approximate surface area is 121 Å². The van der Waals surface area contributed by atoms with E-state index < -0.39 is 6.10 Å². The molecule has 0 spiro atoms. The van der Waals surface area contributed by atoms with Crippen molar-refractivity contribution >= 4 is 22.6 Å². The van der Waals surface area contributed by atoms with Crippen molar-refractivity contribution in [2.75, 3.05) is 0 Å². The molecule has 2 nitrogen and oxygen atoms in total. The summed E-state index contributed by atoms with van der Waals surface area (Å²) in [5.74, 6) is 1.51. The summed E-state index contributed by atoms with van der Waals surface area (Å²) in [5, 5.41) is 9.96. The van der Waals surface area contributed by atoms with Crippen molar-refractivity contribution < 1.29 is 9.84 Å². The largest absolute Gasteiger partial charge is 0.457 e. The molecular weight excluding hydrogens is 339 g/mol. The SMILES string of the molecule is CC[C@H](O)c1ccccc1Oc1cccc(I)c1. The highest BCUT2D eigenvalue weighted by atomic mass is 127. The van der Waals surface area contributed by atoms with Crippen LogP contribution in [0.1, 0.15) is 25.0 Å². The van der Waals surface area contributed by atoms with Gasteiger partial charge in [0.2, 0.25) is 0 Å². The Morgan fingerprint density at radius 3 is 2.67 bits per heavy atom. The number of hydrogen-bond acceptors (Lipinski definition) is 2. The summed E-state index contributed by atoms with van der Waals surface area (Å²) in [6.07, 6.45) is 0.191. The maximum atomic E-state index is 9.96. The number of para-hydroxylation sites is 1. The highest BCUT2D eigenvalue weighted by Gasteiger charge is 2.11. The molecule has 1 N–H and O–H groups in total. The first-order valence-corrected chi connectivity index (χ1v) is 6.99. The fourth-order valence-electron chi connectivity index (χ4n) is 1.73. The van der Waals surface area contributed by atoms with Crippen molar-refractivity contribution in [1.29, 1.82) is 0 Å². The standard InChI is InChI=1S/C15H15IO2/c1-2-14(17)13-8-3-4-9-15(13)18-12-7-5-6-11(16)10-12/h3-10,14,17H,2H2,1H3/t14-/m0/s1. The number of aliphatic hydroxyl groups is 1. The molecule has 3 heteroatoms. The van der Waals surface area contributed by atoms with Crippen LogP contribution in [0.3, 0.4) is 0 Å². The predicted molar refractivity (Wildman–Crippen MR) is 80.9 cm³/mol. The fourth-order valence-corrected chi connectivity index (χ4v) is 2.24. The number of hydrogen-bond donors (Lipinski definition) is 1. The molecule has 0 aromatic heterocycles. The van der Waals surface area contributed by atoms with Gasteiger partial charge in [-0.2, -0.15) is 0 Å². The third-order valence-electron chi connectivity index (χ3n) is 2.69. The molecule has 0 saturated carbocycles. The Hall–Kier alpha value is -1.07. The van der Waals surface area contributed by atoms with Crippen molar-refractivity contribution in [2.24, 2.45) is 0 Å². The van der Waals surface area contributed by atoms with E-state index in [4.69, 9.17) is 4.74 Å². The maximum absolute atomic E-state index is 9.96. The molecule has 2 aromatic rings. The van der Waals surface area contributed by atoms with Crippen LogP contribution in [0, 0.1) is 3.57 Å². The molecule has 2 rings (SSSR count). The lowest BCUT2D eigenvalue weighted by molar-refractivity contribution is 0.170. The molecule has 0 radical (unpaired) electrons. The molecule has 1 atom stereocenters. The van der Waals surface area contributed by atoms with E-state index in [0.29, 0.717) is 12.2 Å². The van der Waals surface area contributed by atoms with Gasteiger partial charge in [0.25, 0.3) is 0 Å². The van der Waals surface area contributed by atoms with E-state index in [9.17, 15) is 5.11 Å². The highest BCUT2D eigenvalue weighted by molar-refractivity contribution is 14.1. The summed E-state index contributed by atoms with van der Waals surface area (Å²) in [6, 6.07) is 15.5. The van der Waals surface area contributed by atoms with Gasteiger partial charge in [0.15, 0.2) is 0 Å². The van der Waals surface area contributed by atoms with Crippen LogP contribution in [0.25, 0.3) is 0 Å². The Kier molecular flexibility index (Phi) is 4.60. The maximum Gasteiger partial charge on any atom is 0.133 e. The second-order valence-electron chi connectivity index (χ2n) is 4.02. The van der Waals surface area contributed by atoms with Gasteiger partial charge in [-0.1, -0.05) is 31.2 Å². The minimum Gasteiger partial charge on any atom is -0.457 e. The normalized spacial score (nSPS) is 12.2. The number of halogens is 1. The smallest absolute Gasteiger partial charge is 0.133 e. The zero-order chi connectivity index (χ0) is 13.0. The van der Waals surface area contributed by atoms with E-state index in [1.54, 1.807) is 0 Å². The first kappa shape index (κ1) is 13.4. The molecule has 0 bridgehead atoms. The molecule has 0 aliphatic carbocycles. The summed E-state index contributed by atoms with van der Waals surface area (Å²) in [4.78, 5) is 0.